The number of nitrogens with zero attached hydrogens (tertiary/aromatic N) is 1. The van der Waals surface area contributed by atoms with Crippen LogP contribution in [0.4, 0.5) is 0 Å². The maximum atomic E-state index is 12.0. The maximum Gasteiger partial charge on any atom is 0.200 e. The number of Topliss-reactive ketones (excluding diaryl/α,β-unsaturated/α-hetero) is 1. The highest BCUT2D eigenvalue weighted by molar-refractivity contribution is 6.14. The van der Waals surface area contributed by atoms with Gasteiger partial charge in [0, 0.05) is 5.56 Å². The zero-order chi connectivity index (χ0) is 14.8. The van der Waals surface area contributed by atoms with Gasteiger partial charge in [-0.25, -0.2) is 0 Å². The van der Waals surface area contributed by atoms with Gasteiger partial charge in [-0.1, -0.05) is 5.16 Å². The van der Waals surface area contributed by atoms with Gasteiger partial charge in [-0.15, -0.1) is 0 Å². The van der Waals surface area contributed by atoms with Crippen LogP contribution in [0.25, 0.3) is 0 Å². The van der Waals surface area contributed by atoms with Gasteiger partial charge in [-0.3, -0.25) is 4.79 Å². The molecule has 108 valence electrons. The molecule has 2 atom stereocenters. The molecule has 0 N–H and O–H groups in total. The summed E-state index contributed by atoms with van der Waals surface area (Å²) in [5.41, 5.74) is 1.46. The van der Waals surface area contributed by atoms with Crippen molar-refractivity contribution in [1.29, 1.82) is 0 Å². The second-order valence-corrected chi connectivity index (χ2v) is 4.83. The number of carbonyl (C=O) groups excluding carboxylic acids is 1. The Bertz CT molecular complexity index is 658. The van der Waals surface area contributed by atoms with Gasteiger partial charge in [0.1, 0.15) is 28.9 Å². The summed E-state index contributed by atoms with van der Waals surface area (Å²) in [6, 6.07) is 10.9. The van der Waals surface area contributed by atoms with Gasteiger partial charge in [-0.2, -0.15) is 0 Å². The van der Waals surface area contributed by atoms with Crippen molar-refractivity contribution in [2.75, 3.05) is 7.11 Å². The van der Waals surface area contributed by atoms with Gasteiger partial charge in [0.05, 0.1) is 13.4 Å². The lowest BCUT2D eigenvalue weighted by Crippen LogP contribution is -2.25. The first kappa shape index (κ1) is 13.4. The maximum absolute atomic E-state index is 12.0. The molecule has 2 heterocycles. The highest BCUT2D eigenvalue weighted by atomic mass is 16.6. The summed E-state index contributed by atoms with van der Waals surface area (Å²) in [5, 5.41) is 4.10. The fraction of sp³-hybridized carbons (Fsp3) is 0.250. The highest BCUT2D eigenvalue weighted by Crippen LogP contribution is 2.36. The van der Waals surface area contributed by atoms with Crippen LogP contribution in [0, 0.1) is 5.92 Å². The van der Waals surface area contributed by atoms with E-state index in [2.05, 4.69) is 5.16 Å². The minimum atomic E-state index is -0.505. The van der Waals surface area contributed by atoms with Crippen molar-refractivity contribution in [2.24, 2.45) is 11.1 Å². The molecule has 1 aromatic carbocycles. The molecule has 1 aliphatic rings. The van der Waals surface area contributed by atoms with Gasteiger partial charge < -0.3 is 14.0 Å². The Balaban J connectivity index is 1.92. The normalized spacial score (nSPS) is 20.8. The monoisotopic (exact) mass is 285 g/mol. The van der Waals surface area contributed by atoms with Crippen LogP contribution in [-0.4, -0.2) is 18.6 Å². The fourth-order valence-corrected chi connectivity index (χ4v) is 2.44. The quantitative estimate of drug-likeness (QED) is 0.866. The Hall–Kier alpha value is -2.56. The van der Waals surface area contributed by atoms with Crippen LogP contribution in [0.1, 0.15) is 24.4 Å². The van der Waals surface area contributed by atoms with Crippen molar-refractivity contribution in [2.45, 2.75) is 13.0 Å². The summed E-state index contributed by atoms with van der Waals surface area (Å²) >= 11 is 0. The molecule has 1 aromatic heterocycles. The molecule has 2 aromatic rings. The highest BCUT2D eigenvalue weighted by Gasteiger charge is 2.41. The van der Waals surface area contributed by atoms with E-state index in [1.807, 2.05) is 24.3 Å². The average Bonchev–Trinajstić information content (AvgIpc) is 3.16. The molecule has 0 saturated carbocycles. The fourth-order valence-electron chi connectivity index (χ4n) is 2.44. The number of hydrogen-bond donors (Lipinski definition) is 0. The van der Waals surface area contributed by atoms with Gasteiger partial charge in [-0.05, 0) is 43.3 Å². The Kier molecular flexibility index (Phi) is 3.48. The molecule has 0 unspecified atom stereocenters. The number of benzene rings is 1. The molecule has 5 nitrogen and oxygen atoms in total. The molecule has 1 aliphatic heterocycles. The molecule has 5 heteroatoms. The van der Waals surface area contributed by atoms with Gasteiger partial charge in [0.2, 0.25) is 0 Å². The molecule has 21 heavy (non-hydrogen) atoms. The molecular formula is C16H15NO4. The number of hydrogen-bond acceptors (Lipinski definition) is 5. The minimum absolute atomic E-state index is 0.0107. The molecule has 0 bridgehead atoms. The van der Waals surface area contributed by atoms with Gasteiger partial charge in [0.25, 0.3) is 0 Å². The lowest BCUT2D eigenvalue weighted by Gasteiger charge is -2.14. The second-order valence-electron chi connectivity index (χ2n) is 4.83. The summed E-state index contributed by atoms with van der Waals surface area (Å²) in [6.07, 6.45) is 1.05. The smallest absolute Gasteiger partial charge is 0.200 e. The average molecular weight is 285 g/mol. The van der Waals surface area contributed by atoms with Crippen LogP contribution in [0.2, 0.25) is 0 Å². The Morgan fingerprint density at radius 3 is 2.57 bits per heavy atom. The lowest BCUT2D eigenvalue weighted by molar-refractivity contribution is -0.122. The van der Waals surface area contributed by atoms with E-state index in [4.69, 9.17) is 14.0 Å². The standard InChI is InChI=1S/C16H15NO4/c1-10(18)14-15(11-5-7-12(19-2)8-6-11)17-21-16(14)13-4-3-9-20-13/h3-9,14,16H,1-2H3/t14-,16+/m1/s1. The molecule has 0 spiro atoms. The summed E-state index contributed by atoms with van der Waals surface area (Å²) < 4.78 is 10.5. The van der Waals surface area contributed by atoms with Crippen LogP contribution in [0.15, 0.2) is 52.2 Å². The molecule has 0 fully saturated rings. The Morgan fingerprint density at radius 2 is 2.00 bits per heavy atom. The van der Waals surface area contributed by atoms with Crippen LogP contribution >= 0.6 is 0 Å². The first-order chi connectivity index (χ1) is 10.2. The third kappa shape index (κ3) is 2.42. The van der Waals surface area contributed by atoms with E-state index in [9.17, 15) is 4.79 Å². The van der Waals surface area contributed by atoms with E-state index in [1.165, 1.54) is 6.92 Å². The Labute approximate surface area is 122 Å². The van der Waals surface area contributed by atoms with E-state index >= 15 is 0 Å². The molecule has 3 rings (SSSR count). The number of carbonyl (C=O) groups is 1. The minimum Gasteiger partial charge on any atom is -0.497 e. The predicted octanol–water partition coefficient (Wildman–Crippen LogP) is 2.97. The molecule has 0 saturated heterocycles. The zero-order valence-corrected chi connectivity index (χ0v) is 11.8. The van der Waals surface area contributed by atoms with Gasteiger partial charge in [0.15, 0.2) is 6.10 Å². The number of furan rings is 1. The molecule has 0 radical (unpaired) electrons. The molecular weight excluding hydrogens is 270 g/mol. The summed E-state index contributed by atoms with van der Waals surface area (Å²) in [4.78, 5) is 17.5. The Morgan fingerprint density at radius 1 is 1.24 bits per heavy atom. The predicted molar refractivity (Wildman–Crippen MR) is 76.2 cm³/mol. The van der Waals surface area contributed by atoms with Crippen molar-refractivity contribution in [3.63, 3.8) is 0 Å². The van der Waals surface area contributed by atoms with Crippen LogP contribution in [0.3, 0.4) is 0 Å². The van der Waals surface area contributed by atoms with Crippen molar-refractivity contribution in [3.8, 4) is 5.75 Å². The van der Waals surface area contributed by atoms with E-state index < -0.39 is 12.0 Å². The third-order valence-corrected chi connectivity index (χ3v) is 3.51. The van der Waals surface area contributed by atoms with E-state index in [-0.39, 0.29) is 5.78 Å². The largest absolute Gasteiger partial charge is 0.497 e. The van der Waals surface area contributed by atoms with Gasteiger partial charge >= 0.3 is 0 Å². The third-order valence-electron chi connectivity index (χ3n) is 3.51. The van der Waals surface area contributed by atoms with Crippen LogP contribution < -0.4 is 4.74 Å². The van der Waals surface area contributed by atoms with E-state index in [0.717, 1.165) is 11.3 Å². The van der Waals surface area contributed by atoms with Crippen LogP contribution in [-0.2, 0) is 9.63 Å². The number of methoxy groups -OCH3 is 1. The summed E-state index contributed by atoms with van der Waals surface area (Å²) in [7, 11) is 1.61. The van der Waals surface area contributed by atoms with Crippen LogP contribution in [0.5, 0.6) is 5.75 Å². The number of rotatable bonds is 4. The van der Waals surface area contributed by atoms with Crippen molar-refractivity contribution in [1.82, 2.24) is 0 Å². The SMILES string of the molecule is COc1ccc(C2=NO[C@@H](c3ccco3)[C@@H]2C(C)=O)cc1. The first-order valence-corrected chi connectivity index (χ1v) is 6.62. The number of oxime groups is 1. The van der Waals surface area contributed by atoms with E-state index in [1.54, 1.807) is 25.5 Å². The molecule has 0 aliphatic carbocycles. The van der Waals surface area contributed by atoms with Crippen molar-refractivity contribution >= 4 is 11.5 Å². The first-order valence-electron chi connectivity index (χ1n) is 6.62. The molecule has 0 amide bonds. The summed E-state index contributed by atoms with van der Waals surface area (Å²) in [6.45, 7) is 1.54. The second kappa shape index (κ2) is 5.44. The van der Waals surface area contributed by atoms with Crippen molar-refractivity contribution < 1.29 is 18.8 Å². The number of ketones is 1. The lowest BCUT2D eigenvalue weighted by atomic mass is 9.88. The zero-order valence-electron chi connectivity index (χ0n) is 11.8. The van der Waals surface area contributed by atoms with E-state index in [0.29, 0.717) is 11.5 Å². The van der Waals surface area contributed by atoms with Crippen molar-refractivity contribution in [3.05, 3.63) is 54.0 Å². The topological polar surface area (TPSA) is 61.0 Å². The number of ether oxygens (including phenoxy) is 1. The summed E-state index contributed by atoms with van der Waals surface area (Å²) in [5.74, 6) is 0.871.